The number of hydrogen-bond acceptors (Lipinski definition) is 5. The van der Waals surface area contributed by atoms with Crippen molar-refractivity contribution in [2.75, 3.05) is 33.5 Å². The van der Waals surface area contributed by atoms with Crippen LogP contribution in [0.5, 0.6) is 11.5 Å². The zero-order valence-electron chi connectivity index (χ0n) is 12.3. The standard InChI is InChI=1S/C15H20N2O4/c1-3-19-14-8-17(2)7-11(14)16-15(18)10-4-5-12-13(6-10)21-9-20-12/h4-6,11,14H,3,7-9H2,1-2H3,(H,16,18)/t11-,14-/m0/s1. The molecule has 6 nitrogen and oxygen atoms in total. The van der Waals surface area contributed by atoms with E-state index in [9.17, 15) is 4.79 Å². The number of carbonyl (C=O) groups excluding carboxylic acids is 1. The third-order valence-electron chi connectivity index (χ3n) is 3.78. The van der Waals surface area contributed by atoms with E-state index < -0.39 is 0 Å². The molecule has 0 aromatic heterocycles. The molecule has 3 rings (SSSR count). The van der Waals surface area contributed by atoms with E-state index in [0.29, 0.717) is 23.7 Å². The fourth-order valence-corrected chi connectivity index (χ4v) is 2.77. The lowest BCUT2D eigenvalue weighted by Crippen LogP contribution is -2.43. The summed E-state index contributed by atoms with van der Waals surface area (Å²) in [5.74, 6) is 1.19. The number of amides is 1. The first kappa shape index (κ1) is 14.2. The van der Waals surface area contributed by atoms with Gasteiger partial charge in [-0.25, -0.2) is 0 Å². The van der Waals surface area contributed by atoms with Crippen LogP contribution >= 0.6 is 0 Å². The lowest BCUT2D eigenvalue weighted by Gasteiger charge is -2.19. The Morgan fingerprint density at radius 3 is 3.00 bits per heavy atom. The summed E-state index contributed by atoms with van der Waals surface area (Å²) in [6, 6.07) is 5.23. The molecule has 1 N–H and O–H groups in total. The van der Waals surface area contributed by atoms with Gasteiger partial charge in [-0.15, -0.1) is 0 Å². The van der Waals surface area contributed by atoms with E-state index in [2.05, 4.69) is 10.2 Å². The molecule has 2 aliphatic heterocycles. The number of likely N-dealkylation sites (N-methyl/N-ethyl adjacent to an activating group) is 1. The van der Waals surface area contributed by atoms with Crippen molar-refractivity contribution < 1.29 is 19.0 Å². The molecule has 1 saturated heterocycles. The molecular formula is C15H20N2O4. The molecule has 6 heteroatoms. The maximum absolute atomic E-state index is 12.4. The molecule has 1 aromatic carbocycles. The van der Waals surface area contributed by atoms with Crippen molar-refractivity contribution in [3.63, 3.8) is 0 Å². The SMILES string of the molecule is CCO[C@H]1CN(C)C[C@@H]1NC(=O)c1ccc2c(c1)OCO2. The highest BCUT2D eigenvalue weighted by Crippen LogP contribution is 2.32. The Morgan fingerprint density at radius 1 is 1.38 bits per heavy atom. The Hall–Kier alpha value is -1.79. The molecule has 0 aliphatic carbocycles. The third-order valence-corrected chi connectivity index (χ3v) is 3.78. The van der Waals surface area contributed by atoms with Crippen LogP contribution in [0.1, 0.15) is 17.3 Å². The van der Waals surface area contributed by atoms with E-state index in [1.807, 2.05) is 14.0 Å². The van der Waals surface area contributed by atoms with Gasteiger partial charge in [0, 0.05) is 25.3 Å². The van der Waals surface area contributed by atoms with Gasteiger partial charge in [-0.2, -0.15) is 0 Å². The van der Waals surface area contributed by atoms with Crippen molar-refractivity contribution >= 4 is 5.91 Å². The highest BCUT2D eigenvalue weighted by atomic mass is 16.7. The van der Waals surface area contributed by atoms with E-state index in [1.54, 1.807) is 18.2 Å². The van der Waals surface area contributed by atoms with Crippen molar-refractivity contribution in [2.45, 2.75) is 19.1 Å². The van der Waals surface area contributed by atoms with Crippen LogP contribution in [-0.2, 0) is 4.74 Å². The first-order valence-electron chi connectivity index (χ1n) is 7.18. The molecule has 21 heavy (non-hydrogen) atoms. The average Bonchev–Trinajstić information content (AvgIpc) is 3.05. The van der Waals surface area contributed by atoms with E-state index in [-0.39, 0.29) is 24.8 Å². The minimum absolute atomic E-state index is 0.00729. The maximum atomic E-state index is 12.4. The topological polar surface area (TPSA) is 60.0 Å². The van der Waals surface area contributed by atoms with Gasteiger partial charge in [-0.3, -0.25) is 4.79 Å². The van der Waals surface area contributed by atoms with E-state index in [4.69, 9.17) is 14.2 Å². The van der Waals surface area contributed by atoms with Gasteiger partial charge >= 0.3 is 0 Å². The van der Waals surface area contributed by atoms with Crippen LogP contribution in [0.3, 0.4) is 0 Å². The summed E-state index contributed by atoms with van der Waals surface area (Å²) in [5, 5.41) is 3.05. The minimum Gasteiger partial charge on any atom is -0.454 e. The number of benzene rings is 1. The molecule has 0 spiro atoms. The summed E-state index contributed by atoms with van der Waals surface area (Å²) in [6.45, 7) is 4.45. The molecule has 2 atom stereocenters. The second-order valence-electron chi connectivity index (χ2n) is 5.36. The van der Waals surface area contributed by atoms with E-state index >= 15 is 0 Å². The fraction of sp³-hybridized carbons (Fsp3) is 0.533. The molecule has 0 bridgehead atoms. The van der Waals surface area contributed by atoms with Gasteiger partial charge in [-0.05, 0) is 32.2 Å². The summed E-state index contributed by atoms with van der Waals surface area (Å²) in [7, 11) is 2.03. The molecule has 2 aliphatic rings. The number of fused-ring (bicyclic) bond motifs is 1. The molecular weight excluding hydrogens is 272 g/mol. The Labute approximate surface area is 124 Å². The summed E-state index contributed by atoms with van der Waals surface area (Å²) in [6.07, 6.45) is 0.0398. The lowest BCUT2D eigenvalue weighted by molar-refractivity contribution is 0.0513. The van der Waals surface area contributed by atoms with Crippen molar-refractivity contribution in [3.05, 3.63) is 23.8 Å². The number of ether oxygens (including phenoxy) is 3. The van der Waals surface area contributed by atoms with Crippen LogP contribution in [-0.4, -0.2) is 56.5 Å². The number of rotatable bonds is 4. The van der Waals surface area contributed by atoms with Gasteiger partial charge < -0.3 is 24.4 Å². The van der Waals surface area contributed by atoms with Gasteiger partial charge in [0.2, 0.25) is 6.79 Å². The quantitative estimate of drug-likeness (QED) is 0.892. The van der Waals surface area contributed by atoms with Gasteiger partial charge in [0.15, 0.2) is 11.5 Å². The van der Waals surface area contributed by atoms with Crippen molar-refractivity contribution in [2.24, 2.45) is 0 Å². The van der Waals surface area contributed by atoms with Gasteiger partial charge in [0.1, 0.15) is 0 Å². The maximum Gasteiger partial charge on any atom is 0.251 e. The van der Waals surface area contributed by atoms with Crippen molar-refractivity contribution in [1.82, 2.24) is 10.2 Å². The Morgan fingerprint density at radius 2 is 2.19 bits per heavy atom. The summed E-state index contributed by atoms with van der Waals surface area (Å²) < 4.78 is 16.2. The fourth-order valence-electron chi connectivity index (χ4n) is 2.77. The Bertz CT molecular complexity index is 534. The van der Waals surface area contributed by atoms with Gasteiger partial charge in [0.05, 0.1) is 12.1 Å². The Balaban J connectivity index is 1.68. The molecule has 0 saturated carbocycles. The predicted molar refractivity (Wildman–Crippen MR) is 76.7 cm³/mol. The zero-order chi connectivity index (χ0) is 14.8. The van der Waals surface area contributed by atoms with Crippen LogP contribution < -0.4 is 14.8 Å². The normalized spacial score (nSPS) is 24.3. The van der Waals surface area contributed by atoms with E-state index in [0.717, 1.165) is 13.1 Å². The second kappa shape index (κ2) is 5.91. The molecule has 1 fully saturated rings. The number of nitrogens with one attached hydrogen (secondary N) is 1. The molecule has 0 unspecified atom stereocenters. The van der Waals surface area contributed by atoms with Crippen LogP contribution in [0.4, 0.5) is 0 Å². The molecule has 0 radical (unpaired) electrons. The first-order valence-corrected chi connectivity index (χ1v) is 7.18. The highest BCUT2D eigenvalue weighted by Gasteiger charge is 2.32. The van der Waals surface area contributed by atoms with Gasteiger partial charge in [-0.1, -0.05) is 0 Å². The molecule has 1 amide bonds. The molecule has 114 valence electrons. The Kier molecular flexibility index (Phi) is 3.98. The van der Waals surface area contributed by atoms with Crippen molar-refractivity contribution in [1.29, 1.82) is 0 Å². The summed E-state index contributed by atoms with van der Waals surface area (Å²) in [5.41, 5.74) is 0.573. The number of hydrogen-bond donors (Lipinski definition) is 1. The zero-order valence-corrected chi connectivity index (χ0v) is 12.3. The van der Waals surface area contributed by atoms with Crippen LogP contribution in [0, 0.1) is 0 Å². The minimum atomic E-state index is -0.113. The number of nitrogens with zero attached hydrogens (tertiary/aromatic N) is 1. The van der Waals surface area contributed by atoms with Crippen LogP contribution in [0.2, 0.25) is 0 Å². The van der Waals surface area contributed by atoms with Crippen LogP contribution in [0.15, 0.2) is 18.2 Å². The van der Waals surface area contributed by atoms with Crippen molar-refractivity contribution in [3.8, 4) is 11.5 Å². The smallest absolute Gasteiger partial charge is 0.251 e. The molecule has 1 aromatic rings. The number of carbonyl (C=O) groups is 1. The third kappa shape index (κ3) is 2.96. The second-order valence-corrected chi connectivity index (χ2v) is 5.36. The summed E-state index contributed by atoms with van der Waals surface area (Å²) >= 11 is 0. The molecule has 2 heterocycles. The average molecular weight is 292 g/mol. The largest absolute Gasteiger partial charge is 0.454 e. The number of likely N-dealkylation sites (tertiary alicyclic amines) is 1. The van der Waals surface area contributed by atoms with Gasteiger partial charge in [0.25, 0.3) is 5.91 Å². The lowest BCUT2D eigenvalue weighted by atomic mass is 10.1. The van der Waals surface area contributed by atoms with E-state index in [1.165, 1.54) is 0 Å². The monoisotopic (exact) mass is 292 g/mol. The first-order chi connectivity index (χ1) is 10.2. The predicted octanol–water partition coefficient (Wildman–Crippen LogP) is 0.864. The van der Waals surface area contributed by atoms with Crippen LogP contribution in [0.25, 0.3) is 0 Å². The summed E-state index contributed by atoms with van der Waals surface area (Å²) in [4.78, 5) is 14.5. The highest BCUT2D eigenvalue weighted by molar-refractivity contribution is 5.95.